The lowest BCUT2D eigenvalue weighted by molar-refractivity contribution is -0.128. The van der Waals surface area contributed by atoms with Crippen LogP contribution < -0.4 is 5.32 Å². The van der Waals surface area contributed by atoms with E-state index in [9.17, 15) is 9.59 Å². The number of para-hydroxylation sites is 1. The molecule has 1 heterocycles. The number of anilines is 1. The normalized spacial score (nSPS) is 16.8. The summed E-state index contributed by atoms with van der Waals surface area (Å²) in [5.74, 6) is -0.336. The first-order chi connectivity index (χ1) is 12.4. The van der Waals surface area contributed by atoms with E-state index in [4.69, 9.17) is 11.6 Å². The van der Waals surface area contributed by atoms with Crippen molar-refractivity contribution in [3.8, 4) is 0 Å². The van der Waals surface area contributed by atoms with Gasteiger partial charge in [0, 0.05) is 30.2 Å². The van der Waals surface area contributed by atoms with Gasteiger partial charge in [0.15, 0.2) is 0 Å². The molecule has 4 nitrogen and oxygen atoms in total. The number of halogens is 1. The Balaban J connectivity index is 1.58. The molecule has 0 aliphatic carbocycles. The average molecular weight is 371 g/mol. The highest BCUT2D eigenvalue weighted by molar-refractivity contribution is 6.30. The minimum absolute atomic E-state index is 0.0422. The summed E-state index contributed by atoms with van der Waals surface area (Å²) in [6, 6.07) is 13.6. The third kappa shape index (κ3) is 4.25. The Morgan fingerprint density at radius 3 is 2.46 bits per heavy atom. The maximum Gasteiger partial charge on any atom is 0.229 e. The van der Waals surface area contributed by atoms with Crippen molar-refractivity contribution in [1.82, 2.24) is 4.90 Å². The lowest BCUT2D eigenvalue weighted by Gasteiger charge is -2.17. The van der Waals surface area contributed by atoms with Gasteiger partial charge in [-0.2, -0.15) is 0 Å². The van der Waals surface area contributed by atoms with Crippen molar-refractivity contribution in [3.63, 3.8) is 0 Å². The van der Waals surface area contributed by atoms with Crippen molar-refractivity contribution in [2.75, 3.05) is 18.4 Å². The molecule has 2 aromatic carbocycles. The van der Waals surface area contributed by atoms with Crippen LogP contribution in [0.2, 0.25) is 5.02 Å². The Morgan fingerprint density at radius 1 is 1.15 bits per heavy atom. The van der Waals surface area contributed by atoms with Gasteiger partial charge in [0.05, 0.1) is 5.92 Å². The lowest BCUT2D eigenvalue weighted by atomic mass is 10.1. The summed E-state index contributed by atoms with van der Waals surface area (Å²) in [5, 5.41) is 3.71. The van der Waals surface area contributed by atoms with E-state index in [1.165, 1.54) is 0 Å². The molecule has 0 bridgehead atoms. The molecule has 3 rings (SSSR count). The summed E-state index contributed by atoms with van der Waals surface area (Å²) in [6.07, 6.45) is 1.03. The minimum Gasteiger partial charge on any atom is -0.342 e. The van der Waals surface area contributed by atoms with E-state index in [0.717, 1.165) is 28.8 Å². The summed E-state index contributed by atoms with van der Waals surface area (Å²) < 4.78 is 0. The molecule has 1 saturated heterocycles. The van der Waals surface area contributed by atoms with Crippen molar-refractivity contribution < 1.29 is 9.59 Å². The molecule has 0 aromatic heterocycles. The smallest absolute Gasteiger partial charge is 0.229 e. The molecule has 2 aromatic rings. The third-order valence-electron chi connectivity index (χ3n) is 4.90. The first-order valence-electron chi connectivity index (χ1n) is 8.83. The number of aryl methyl sites for hydroxylation is 2. The highest BCUT2D eigenvalue weighted by Gasteiger charge is 2.34. The van der Waals surface area contributed by atoms with Crippen LogP contribution in [0.1, 0.15) is 23.1 Å². The minimum atomic E-state index is -0.299. The summed E-state index contributed by atoms with van der Waals surface area (Å²) in [4.78, 5) is 26.7. The van der Waals surface area contributed by atoms with Crippen LogP contribution in [0.4, 0.5) is 5.69 Å². The molecular weight excluding hydrogens is 348 g/mol. The molecule has 0 saturated carbocycles. The van der Waals surface area contributed by atoms with Crippen LogP contribution in [0.15, 0.2) is 42.5 Å². The number of amides is 2. The number of hydrogen-bond donors (Lipinski definition) is 1. The van der Waals surface area contributed by atoms with Gasteiger partial charge in [0.1, 0.15) is 0 Å². The number of rotatable bonds is 5. The van der Waals surface area contributed by atoms with Gasteiger partial charge in [0.2, 0.25) is 11.8 Å². The summed E-state index contributed by atoms with van der Waals surface area (Å²) >= 11 is 5.90. The van der Waals surface area contributed by atoms with Gasteiger partial charge < -0.3 is 10.2 Å². The Kier molecular flexibility index (Phi) is 5.62. The van der Waals surface area contributed by atoms with Gasteiger partial charge in [-0.05, 0) is 49.1 Å². The first kappa shape index (κ1) is 18.5. The van der Waals surface area contributed by atoms with E-state index in [1.54, 1.807) is 4.90 Å². The maximum atomic E-state index is 12.6. The predicted molar refractivity (Wildman–Crippen MR) is 104 cm³/mol. The second-order valence-corrected chi connectivity index (χ2v) is 7.31. The predicted octanol–water partition coefficient (Wildman–Crippen LogP) is 3.99. The van der Waals surface area contributed by atoms with Crippen molar-refractivity contribution in [2.24, 2.45) is 5.92 Å². The number of nitrogens with zero attached hydrogens (tertiary/aromatic N) is 1. The van der Waals surface area contributed by atoms with Crippen LogP contribution >= 0.6 is 11.6 Å². The van der Waals surface area contributed by atoms with E-state index in [-0.39, 0.29) is 24.2 Å². The highest BCUT2D eigenvalue weighted by atomic mass is 35.5. The first-order valence-corrected chi connectivity index (χ1v) is 9.21. The number of likely N-dealkylation sites (tertiary alicyclic amines) is 1. The highest BCUT2D eigenvalue weighted by Crippen LogP contribution is 2.24. The molecular formula is C21H23ClN2O2. The van der Waals surface area contributed by atoms with Gasteiger partial charge in [-0.1, -0.05) is 41.9 Å². The van der Waals surface area contributed by atoms with E-state index < -0.39 is 0 Å². The molecule has 1 unspecified atom stereocenters. The van der Waals surface area contributed by atoms with Crippen LogP contribution in [0, 0.1) is 19.8 Å². The van der Waals surface area contributed by atoms with Crippen LogP contribution in [0.3, 0.4) is 0 Å². The molecule has 1 atom stereocenters. The monoisotopic (exact) mass is 370 g/mol. The van der Waals surface area contributed by atoms with Crippen LogP contribution in [-0.2, 0) is 16.0 Å². The quantitative estimate of drug-likeness (QED) is 0.865. The van der Waals surface area contributed by atoms with Gasteiger partial charge in [-0.25, -0.2) is 0 Å². The van der Waals surface area contributed by atoms with Gasteiger partial charge in [-0.15, -0.1) is 0 Å². The molecule has 5 heteroatoms. The van der Waals surface area contributed by atoms with Crippen molar-refractivity contribution in [1.29, 1.82) is 0 Å². The van der Waals surface area contributed by atoms with E-state index in [2.05, 4.69) is 5.32 Å². The second kappa shape index (κ2) is 7.92. The number of hydrogen-bond acceptors (Lipinski definition) is 2. The van der Waals surface area contributed by atoms with E-state index in [0.29, 0.717) is 18.1 Å². The lowest BCUT2D eigenvalue weighted by Crippen LogP contribution is -2.30. The van der Waals surface area contributed by atoms with Crippen LogP contribution in [-0.4, -0.2) is 29.8 Å². The van der Waals surface area contributed by atoms with Crippen LogP contribution in [0.25, 0.3) is 0 Å². The fraction of sp³-hybridized carbons (Fsp3) is 0.333. The molecule has 0 radical (unpaired) electrons. The topological polar surface area (TPSA) is 49.4 Å². The number of benzene rings is 2. The second-order valence-electron chi connectivity index (χ2n) is 6.87. The molecule has 1 N–H and O–H groups in total. The largest absolute Gasteiger partial charge is 0.342 e. The van der Waals surface area contributed by atoms with Gasteiger partial charge in [-0.3, -0.25) is 9.59 Å². The fourth-order valence-electron chi connectivity index (χ4n) is 3.32. The zero-order valence-electron chi connectivity index (χ0n) is 15.1. The molecule has 136 valence electrons. The van der Waals surface area contributed by atoms with Crippen molar-refractivity contribution >= 4 is 29.1 Å². The number of carbonyl (C=O) groups is 2. The van der Waals surface area contributed by atoms with E-state index >= 15 is 0 Å². The summed E-state index contributed by atoms with van der Waals surface area (Å²) in [6.45, 7) is 5.04. The van der Waals surface area contributed by atoms with Gasteiger partial charge in [0.25, 0.3) is 0 Å². The van der Waals surface area contributed by atoms with Crippen molar-refractivity contribution in [3.05, 3.63) is 64.2 Å². The molecule has 1 aliphatic rings. The molecule has 26 heavy (non-hydrogen) atoms. The zero-order chi connectivity index (χ0) is 18.7. The Hall–Kier alpha value is -2.33. The molecule has 1 fully saturated rings. The molecule has 2 amide bonds. The zero-order valence-corrected chi connectivity index (χ0v) is 15.8. The molecule has 1 aliphatic heterocycles. The Morgan fingerprint density at radius 2 is 1.81 bits per heavy atom. The van der Waals surface area contributed by atoms with Gasteiger partial charge >= 0.3 is 0 Å². The standard InChI is InChI=1S/C21H23ClN2O2/c1-14-4-3-5-15(2)20(14)23-21(26)17-12-19(25)24(13-17)11-10-16-6-8-18(22)9-7-16/h3-9,17H,10-13H2,1-2H3,(H,23,26). The fourth-order valence-corrected chi connectivity index (χ4v) is 3.44. The molecule has 0 spiro atoms. The summed E-state index contributed by atoms with van der Waals surface area (Å²) in [7, 11) is 0. The third-order valence-corrected chi connectivity index (χ3v) is 5.15. The SMILES string of the molecule is Cc1cccc(C)c1NC(=O)C1CC(=O)N(CCc2ccc(Cl)cc2)C1. The van der Waals surface area contributed by atoms with Crippen molar-refractivity contribution in [2.45, 2.75) is 26.7 Å². The Labute approximate surface area is 159 Å². The van der Waals surface area contributed by atoms with Crippen LogP contribution in [0.5, 0.6) is 0 Å². The number of carbonyl (C=O) groups excluding carboxylic acids is 2. The average Bonchev–Trinajstić information content (AvgIpc) is 2.99. The summed E-state index contributed by atoms with van der Waals surface area (Å²) in [5.41, 5.74) is 4.04. The maximum absolute atomic E-state index is 12.6. The Bertz CT molecular complexity index is 797. The van der Waals surface area contributed by atoms with E-state index in [1.807, 2.05) is 56.3 Å². The number of nitrogens with one attached hydrogen (secondary N) is 1.